The lowest BCUT2D eigenvalue weighted by Gasteiger charge is -2.22. The number of benzene rings is 4. The van der Waals surface area contributed by atoms with E-state index < -0.39 is 0 Å². The number of para-hydroxylation sites is 2. The van der Waals surface area contributed by atoms with Gasteiger partial charge in [0.2, 0.25) is 0 Å². The van der Waals surface area contributed by atoms with Gasteiger partial charge in [0.15, 0.2) is 23.0 Å². The molecule has 0 spiro atoms. The molecule has 1 aromatic heterocycles. The molecule has 0 radical (unpaired) electrons. The first kappa shape index (κ1) is 30.4. The highest BCUT2D eigenvalue weighted by Gasteiger charge is 2.26. The minimum atomic E-state index is 0.674. The molecule has 0 amide bonds. The summed E-state index contributed by atoms with van der Waals surface area (Å²) >= 11 is 0. The summed E-state index contributed by atoms with van der Waals surface area (Å²) in [6.45, 7) is 7.80. The van der Waals surface area contributed by atoms with Crippen molar-refractivity contribution in [1.29, 1.82) is 0 Å². The first-order valence-corrected chi connectivity index (χ1v) is 15.8. The number of hydrogen-bond donors (Lipinski definition) is 0. The molecule has 0 fully saturated rings. The van der Waals surface area contributed by atoms with Crippen LogP contribution in [0.3, 0.4) is 0 Å². The van der Waals surface area contributed by atoms with E-state index in [0.717, 1.165) is 55.4 Å². The van der Waals surface area contributed by atoms with E-state index in [0.29, 0.717) is 23.0 Å². The maximum Gasteiger partial charge on any atom is 0.194 e. The Morgan fingerprint density at radius 2 is 1.58 bits per heavy atom. The van der Waals surface area contributed by atoms with Gasteiger partial charge >= 0.3 is 0 Å². The lowest BCUT2D eigenvalue weighted by Crippen LogP contribution is -2.05. The van der Waals surface area contributed by atoms with Crippen LogP contribution in [0.4, 0.5) is 0 Å². The minimum Gasteiger partial charge on any atom is -0.449 e. The van der Waals surface area contributed by atoms with Gasteiger partial charge in [0.05, 0.1) is 16.9 Å². The maximum atomic E-state index is 6.60. The predicted molar refractivity (Wildman–Crippen MR) is 202 cm³/mol. The average Bonchev–Trinajstić information content (AvgIpc) is 3.44. The second-order valence-corrected chi connectivity index (χ2v) is 11.2. The van der Waals surface area contributed by atoms with Crippen LogP contribution < -0.4 is 9.47 Å². The molecular formula is C42H34N4O2. The van der Waals surface area contributed by atoms with Gasteiger partial charge in [0.1, 0.15) is 5.52 Å². The highest BCUT2D eigenvalue weighted by Crippen LogP contribution is 2.51. The van der Waals surface area contributed by atoms with Gasteiger partial charge in [-0.15, -0.1) is 0 Å². The van der Waals surface area contributed by atoms with Gasteiger partial charge in [-0.2, -0.15) is 0 Å². The number of rotatable bonds is 7. The molecule has 0 saturated heterocycles. The highest BCUT2D eigenvalue weighted by molar-refractivity contribution is 6.17. The fourth-order valence-corrected chi connectivity index (χ4v) is 6.21. The fourth-order valence-electron chi connectivity index (χ4n) is 6.21. The third-order valence-electron chi connectivity index (χ3n) is 8.33. The molecule has 234 valence electrons. The average molecular weight is 627 g/mol. The highest BCUT2D eigenvalue weighted by atomic mass is 16.6. The molecule has 4 aromatic carbocycles. The van der Waals surface area contributed by atoms with Crippen molar-refractivity contribution in [2.24, 2.45) is 15.0 Å². The molecule has 7 rings (SSSR count). The quantitative estimate of drug-likeness (QED) is 0.131. The second-order valence-electron chi connectivity index (χ2n) is 11.2. The summed E-state index contributed by atoms with van der Waals surface area (Å²) in [6.07, 6.45) is 21.6. The number of fused-ring (bicyclic) bond motifs is 7. The molecule has 2 heterocycles. The largest absolute Gasteiger partial charge is 0.449 e. The summed E-state index contributed by atoms with van der Waals surface area (Å²) < 4.78 is 15.2. The van der Waals surface area contributed by atoms with Crippen molar-refractivity contribution >= 4 is 56.9 Å². The molecule has 0 atom stereocenters. The van der Waals surface area contributed by atoms with Gasteiger partial charge in [-0.25, -0.2) is 0 Å². The monoisotopic (exact) mass is 626 g/mol. The molecule has 1 aliphatic heterocycles. The Hall–Kier alpha value is -6.27. The number of nitrogens with zero attached hydrogens (tertiary/aromatic N) is 4. The Kier molecular flexibility index (Phi) is 8.37. The molecular weight excluding hydrogens is 592 g/mol. The predicted octanol–water partition coefficient (Wildman–Crippen LogP) is 10.9. The first-order chi connectivity index (χ1) is 23.6. The van der Waals surface area contributed by atoms with E-state index in [1.807, 2.05) is 86.7 Å². The summed E-state index contributed by atoms with van der Waals surface area (Å²) in [6, 6.07) is 24.8. The Labute approximate surface area is 279 Å². The fraction of sp³-hybridized carbons (Fsp3) is 0.0714. The van der Waals surface area contributed by atoms with Crippen LogP contribution in [-0.4, -0.2) is 30.3 Å². The molecule has 48 heavy (non-hydrogen) atoms. The van der Waals surface area contributed by atoms with Crippen LogP contribution in [0.1, 0.15) is 13.8 Å². The van der Waals surface area contributed by atoms with E-state index in [2.05, 4.69) is 75.9 Å². The van der Waals surface area contributed by atoms with Crippen molar-refractivity contribution in [2.45, 2.75) is 13.8 Å². The SMILES string of the molecule is C=NC(/C(C=NC)=C/C)=C1/C=CC=C/C1=N/C=C\C=C(/C=C/C)n1c2cc3ccccc3cc2c2ccc3c(c21)Oc1ccccc1O3. The molecule has 6 nitrogen and oxygen atoms in total. The van der Waals surface area contributed by atoms with E-state index in [-0.39, 0.29) is 0 Å². The molecule has 0 N–H and O–H groups in total. The second kappa shape index (κ2) is 13.2. The molecule has 6 heteroatoms. The zero-order chi connectivity index (χ0) is 33.0. The number of hydrogen-bond acceptors (Lipinski definition) is 5. The van der Waals surface area contributed by atoms with Crippen LogP contribution in [0.2, 0.25) is 0 Å². The lowest BCUT2D eigenvalue weighted by atomic mass is 9.99. The number of aliphatic imine (C=N–C) groups is 3. The van der Waals surface area contributed by atoms with Gasteiger partial charge in [-0.1, -0.05) is 66.8 Å². The van der Waals surface area contributed by atoms with E-state index in [9.17, 15) is 0 Å². The Morgan fingerprint density at radius 3 is 2.33 bits per heavy atom. The Bertz CT molecular complexity index is 2390. The summed E-state index contributed by atoms with van der Waals surface area (Å²) in [5, 5.41) is 4.53. The molecule has 5 aromatic rings. The number of allylic oxidation sites excluding steroid dienone is 12. The molecule has 2 aliphatic rings. The van der Waals surface area contributed by atoms with Crippen LogP contribution >= 0.6 is 0 Å². The van der Waals surface area contributed by atoms with Crippen LogP contribution in [-0.2, 0) is 0 Å². The van der Waals surface area contributed by atoms with Gasteiger partial charge in [0, 0.05) is 47.1 Å². The van der Waals surface area contributed by atoms with Crippen molar-refractivity contribution in [1.82, 2.24) is 4.57 Å². The standard InChI is InChI=1S/C42H34N4O2/c1-5-14-31(17-13-24-45-35-19-10-9-18-33(35)40(44-4)28(6-2)27-43-3)46-36-26-30-16-8-7-15-29(30)25-34(36)32-22-23-39-42(41(32)46)48-38-21-12-11-20-37(38)47-39/h5-27H,4H2,1-3H3/b14-5+,24-13-,28-6+,31-17+,40-33-,43-27?,45-35-. The van der Waals surface area contributed by atoms with E-state index in [1.54, 1.807) is 19.5 Å². The van der Waals surface area contributed by atoms with Crippen molar-refractivity contribution in [3.63, 3.8) is 0 Å². The topological polar surface area (TPSA) is 60.5 Å². The smallest absolute Gasteiger partial charge is 0.194 e. The normalized spacial score (nSPS) is 16.8. The number of aromatic nitrogens is 1. The number of ether oxygens (including phenoxy) is 2. The zero-order valence-corrected chi connectivity index (χ0v) is 27.1. The van der Waals surface area contributed by atoms with Crippen molar-refractivity contribution in [2.75, 3.05) is 7.05 Å². The molecule has 1 aliphatic carbocycles. The van der Waals surface area contributed by atoms with Crippen LogP contribution in [0.15, 0.2) is 166 Å². The Morgan fingerprint density at radius 1 is 0.833 bits per heavy atom. The zero-order valence-electron chi connectivity index (χ0n) is 27.1. The van der Waals surface area contributed by atoms with Gasteiger partial charge in [-0.05, 0) is 92.0 Å². The maximum absolute atomic E-state index is 6.60. The van der Waals surface area contributed by atoms with Crippen molar-refractivity contribution in [3.05, 3.63) is 151 Å². The van der Waals surface area contributed by atoms with Crippen molar-refractivity contribution in [3.8, 4) is 23.0 Å². The van der Waals surface area contributed by atoms with Crippen molar-refractivity contribution < 1.29 is 9.47 Å². The van der Waals surface area contributed by atoms with Gasteiger partial charge in [-0.3, -0.25) is 15.0 Å². The third-order valence-corrected chi connectivity index (χ3v) is 8.33. The van der Waals surface area contributed by atoms with E-state index in [4.69, 9.17) is 14.5 Å². The summed E-state index contributed by atoms with van der Waals surface area (Å²) in [5.41, 5.74) is 6.20. The summed E-state index contributed by atoms with van der Waals surface area (Å²) in [7, 11) is 1.74. The minimum absolute atomic E-state index is 0.674. The van der Waals surface area contributed by atoms with Crippen LogP contribution in [0.5, 0.6) is 23.0 Å². The summed E-state index contributed by atoms with van der Waals surface area (Å²) in [5.74, 6) is 2.74. The Balaban J connectivity index is 1.40. The van der Waals surface area contributed by atoms with Gasteiger partial charge in [0.25, 0.3) is 0 Å². The third kappa shape index (κ3) is 5.43. The molecule has 0 bridgehead atoms. The van der Waals surface area contributed by atoms with E-state index in [1.165, 1.54) is 5.39 Å². The van der Waals surface area contributed by atoms with E-state index >= 15 is 0 Å². The summed E-state index contributed by atoms with van der Waals surface area (Å²) in [4.78, 5) is 13.4. The van der Waals surface area contributed by atoms with Gasteiger partial charge < -0.3 is 14.0 Å². The molecule has 0 saturated carbocycles. The lowest BCUT2D eigenvalue weighted by molar-refractivity contribution is 0.362. The van der Waals surface area contributed by atoms with Crippen LogP contribution in [0, 0.1) is 0 Å². The first-order valence-electron chi connectivity index (χ1n) is 15.8. The molecule has 0 unspecified atom stereocenters. The van der Waals surface area contributed by atoms with Crippen LogP contribution in [0.25, 0.3) is 38.3 Å².